The van der Waals surface area contributed by atoms with E-state index in [0.29, 0.717) is 12.4 Å². The number of nitrogens with one attached hydrogen (secondary N) is 2. The predicted molar refractivity (Wildman–Crippen MR) is 61.3 cm³/mol. The molecule has 0 aliphatic carbocycles. The minimum absolute atomic E-state index is 0.0541. The van der Waals surface area contributed by atoms with Crippen molar-refractivity contribution >= 4 is 11.8 Å². The first-order valence-electron chi connectivity index (χ1n) is 5.12. The third-order valence-electron chi connectivity index (χ3n) is 2.16. The summed E-state index contributed by atoms with van der Waals surface area (Å²) in [5, 5.41) is 11.5. The fraction of sp³-hybridized carbons (Fsp3) is 0.500. The summed E-state index contributed by atoms with van der Waals surface area (Å²) in [6, 6.07) is 0. The van der Waals surface area contributed by atoms with Crippen molar-refractivity contribution in [2.75, 3.05) is 19.0 Å². The second-order valence-electron chi connectivity index (χ2n) is 3.70. The lowest BCUT2D eigenvalue weighted by Crippen LogP contribution is -2.19. The Hall–Kier alpha value is -2.05. The second-order valence-corrected chi connectivity index (χ2v) is 3.70. The third-order valence-corrected chi connectivity index (χ3v) is 2.16. The Labute approximate surface area is 97.8 Å². The zero-order chi connectivity index (χ0) is 12.8. The van der Waals surface area contributed by atoms with Crippen LogP contribution < -0.4 is 15.6 Å². The monoisotopic (exact) mass is 241 g/mol. The van der Waals surface area contributed by atoms with Gasteiger partial charge in [0, 0.05) is 13.0 Å². The molecule has 1 rings (SSSR count). The predicted octanol–water partition coefficient (Wildman–Crippen LogP) is 0.301. The van der Waals surface area contributed by atoms with Crippen LogP contribution in [0.5, 0.6) is 5.75 Å². The van der Waals surface area contributed by atoms with Gasteiger partial charge in [-0.1, -0.05) is 6.92 Å². The van der Waals surface area contributed by atoms with Gasteiger partial charge in [-0.05, 0) is 5.92 Å². The fourth-order valence-electron chi connectivity index (χ4n) is 1.34. The number of hydrogen-bond acceptors (Lipinski definition) is 5. The quantitative estimate of drug-likeness (QED) is 0.661. The topological polar surface area (TPSA) is 104 Å². The average molecular weight is 241 g/mol. The average Bonchev–Trinajstić information content (AvgIpc) is 2.25. The number of anilines is 1. The van der Waals surface area contributed by atoms with Gasteiger partial charge in [0.1, 0.15) is 0 Å². The molecule has 1 aromatic heterocycles. The van der Waals surface area contributed by atoms with Crippen LogP contribution in [0.3, 0.4) is 0 Å². The van der Waals surface area contributed by atoms with Gasteiger partial charge >= 0.3 is 5.97 Å². The van der Waals surface area contributed by atoms with Crippen LogP contribution in [0.4, 0.5) is 5.82 Å². The van der Waals surface area contributed by atoms with E-state index in [1.807, 2.05) is 0 Å². The van der Waals surface area contributed by atoms with E-state index >= 15 is 0 Å². The zero-order valence-electron chi connectivity index (χ0n) is 9.69. The lowest BCUT2D eigenvalue weighted by molar-refractivity contribution is -0.137. The van der Waals surface area contributed by atoms with Crippen molar-refractivity contribution in [1.82, 2.24) is 9.97 Å². The molecule has 7 nitrogen and oxygen atoms in total. The summed E-state index contributed by atoms with van der Waals surface area (Å²) in [5.41, 5.74) is -0.379. The number of aromatic nitrogens is 2. The molecule has 0 bridgehead atoms. The standard InChI is InChI=1S/C10H15N3O4/c1-6(3-7(14)15)4-11-9-8(17-2)10(16)13-5-12-9/h5-6H,3-4H2,1-2H3,(H,14,15)(H2,11,12,13,16). The van der Waals surface area contributed by atoms with Crippen LogP contribution >= 0.6 is 0 Å². The zero-order valence-corrected chi connectivity index (χ0v) is 9.69. The van der Waals surface area contributed by atoms with E-state index < -0.39 is 5.97 Å². The van der Waals surface area contributed by atoms with Crippen LogP contribution in [0.1, 0.15) is 13.3 Å². The van der Waals surface area contributed by atoms with Gasteiger partial charge in [0.25, 0.3) is 5.56 Å². The molecule has 7 heteroatoms. The molecule has 0 aliphatic heterocycles. The number of aliphatic carboxylic acids is 1. The molecule has 0 aliphatic rings. The third kappa shape index (κ3) is 3.78. The van der Waals surface area contributed by atoms with E-state index in [1.54, 1.807) is 6.92 Å². The molecule has 0 fully saturated rings. The van der Waals surface area contributed by atoms with Crippen molar-refractivity contribution in [3.8, 4) is 5.75 Å². The van der Waals surface area contributed by atoms with Crippen LogP contribution in [0.15, 0.2) is 11.1 Å². The molecule has 1 heterocycles. The summed E-state index contributed by atoms with van der Waals surface area (Å²) in [6.45, 7) is 2.19. The summed E-state index contributed by atoms with van der Waals surface area (Å²) in [6.07, 6.45) is 1.31. The van der Waals surface area contributed by atoms with Crippen LogP contribution in [0, 0.1) is 5.92 Å². The first-order valence-corrected chi connectivity index (χ1v) is 5.12. The maximum absolute atomic E-state index is 11.3. The Morgan fingerprint density at radius 1 is 1.71 bits per heavy atom. The molecule has 94 valence electrons. The molecule has 0 radical (unpaired) electrons. The molecule has 0 saturated carbocycles. The molecular formula is C10H15N3O4. The highest BCUT2D eigenvalue weighted by atomic mass is 16.5. The minimum Gasteiger partial charge on any atom is -0.489 e. The number of ether oxygens (including phenoxy) is 1. The second kappa shape index (κ2) is 5.88. The van der Waals surface area contributed by atoms with Gasteiger partial charge in [0.05, 0.1) is 13.4 Å². The van der Waals surface area contributed by atoms with Gasteiger partial charge in [0.15, 0.2) is 5.82 Å². The van der Waals surface area contributed by atoms with Gasteiger partial charge in [-0.25, -0.2) is 4.98 Å². The normalized spacial score (nSPS) is 11.9. The van der Waals surface area contributed by atoms with Crippen molar-refractivity contribution < 1.29 is 14.6 Å². The molecule has 3 N–H and O–H groups in total. The smallest absolute Gasteiger partial charge is 0.303 e. The number of carboxylic acid groups (broad SMARTS) is 1. The van der Waals surface area contributed by atoms with Gasteiger partial charge in [-0.15, -0.1) is 0 Å². The number of hydrogen-bond donors (Lipinski definition) is 3. The maximum atomic E-state index is 11.3. The molecule has 0 spiro atoms. The highest BCUT2D eigenvalue weighted by Gasteiger charge is 2.11. The van der Waals surface area contributed by atoms with Gasteiger partial charge in [0.2, 0.25) is 5.75 Å². The van der Waals surface area contributed by atoms with E-state index in [4.69, 9.17) is 9.84 Å². The number of nitrogens with zero attached hydrogens (tertiary/aromatic N) is 1. The number of H-pyrrole nitrogens is 1. The lowest BCUT2D eigenvalue weighted by atomic mass is 10.1. The van der Waals surface area contributed by atoms with E-state index in [9.17, 15) is 9.59 Å². The maximum Gasteiger partial charge on any atom is 0.303 e. The van der Waals surface area contributed by atoms with Gasteiger partial charge < -0.3 is 20.1 Å². The van der Waals surface area contributed by atoms with Gasteiger partial charge in [-0.2, -0.15) is 0 Å². The summed E-state index contributed by atoms with van der Waals surface area (Å²) >= 11 is 0. The molecule has 1 aromatic rings. The Balaban J connectivity index is 2.66. The largest absolute Gasteiger partial charge is 0.489 e. The van der Waals surface area contributed by atoms with Crippen molar-refractivity contribution in [1.29, 1.82) is 0 Å². The Morgan fingerprint density at radius 3 is 3.00 bits per heavy atom. The summed E-state index contributed by atoms with van der Waals surface area (Å²) in [5.74, 6) is -0.521. The van der Waals surface area contributed by atoms with Crippen LogP contribution in [0.25, 0.3) is 0 Å². The number of rotatable bonds is 6. The van der Waals surface area contributed by atoms with Crippen molar-refractivity contribution in [3.63, 3.8) is 0 Å². The molecule has 0 saturated heterocycles. The first-order chi connectivity index (χ1) is 8.04. The van der Waals surface area contributed by atoms with E-state index in [-0.39, 0.29) is 23.6 Å². The summed E-state index contributed by atoms with van der Waals surface area (Å²) in [7, 11) is 1.37. The summed E-state index contributed by atoms with van der Waals surface area (Å²) < 4.78 is 4.90. The van der Waals surface area contributed by atoms with Crippen LogP contribution in [-0.4, -0.2) is 34.7 Å². The number of carboxylic acids is 1. The Kier molecular flexibility index (Phi) is 4.50. The first kappa shape index (κ1) is 13.0. The SMILES string of the molecule is COc1c(NCC(C)CC(=O)O)nc[nH]c1=O. The molecule has 17 heavy (non-hydrogen) atoms. The highest BCUT2D eigenvalue weighted by Crippen LogP contribution is 2.15. The van der Waals surface area contributed by atoms with Gasteiger partial charge in [-0.3, -0.25) is 9.59 Å². The van der Waals surface area contributed by atoms with E-state index in [2.05, 4.69) is 15.3 Å². The minimum atomic E-state index is -0.856. The number of methoxy groups -OCH3 is 1. The fourth-order valence-corrected chi connectivity index (χ4v) is 1.34. The van der Waals surface area contributed by atoms with E-state index in [0.717, 1.165) is 0 Å². The van der Waals surface area contributed by atoms with Crippen molar-refractivity contribution in [3.05, 3.63) is 16.7 Å². The number of carbonyl (C=O) groups is 1. The lowest BCUT2D eigenvalue weighted by Gasteiger charge is -2.12. The molecule has 1 unspecified atom stereocenters. The molecular weight excluding hydrogens is 226 g/mol. The van der Waals surface area contributed by atoms with Crippen LogP contribution in [0.2, 0.25) is 0 Å². The molecule has 1 atom stereocenters. The van der Waals surface area contributed by atoms with Crippen molar-refractivity contribution in [2.24, 2.45) is 5.92 Å². The van der Waals surface area contributed by atoms with Crippen LogP contribution in [-0.2, 0) is 4.79 Å². The Morgan fingerprint density at radius 2 is 2.41 bits per heavy atom. The van der Waals surface area contributed by atoms with E-state index in [1.165, 1.54) is 13.4 Å². The summed E-state index contributed by atoms with van der Waals surface area (Å²) in [4.78, 5) is 28.1. The highest BCUT2D eigenvalue weighted by molar-refractivity contribution is 5.67. The number of aromatic amines is 1. The Bertz CT molecular complexity index is 443. The van der Waals surface area contributed by atoms with Crippen molar-refractivity contribution in [2.45, 2.75) is 13.3 Å². The molecule has 0 amide bonds. The molecule has 0 aromatic carbocycles.